The van der Waals surface area contributed by atoms with Gasteiger partial charge in [0.15, 0.2) is 0 Å². The van der Waals surface area contributed by atoms with Gasteiger partial charge in [-0.2, -0.15) is 0 Å². The minimum absolute atomic E-state index is 0.0446. The summed E-state index contributed by atoms with van der Waals surface area (Å²) in [6.07, 6.45) is 0.293. The van der Waals surface area contributed by atoms with E-state index >= 15 is 0 Å². The summed E-state index contributed by atoms with van der Waals surface area (Å²) in [4.78, 5) is 29.6. The molecular formula is C35H32Cl2N2O5. The molecule has 2 aliphatic heterocycles. The minimum Gasteiger partial charge on any atom is -0.489 e. The molecule has 0 unspecified atom stereocenters. The molecule has 0 fully saturated rings. The highest BCUT2D eigenvalue weighted by Crippen LogP contribution is 2.43. The van der Waals surface area contributed by atoms with Crippen molar-refractivity contribution in [2.24, 2.45) is 0 Å². The van der Waals surface area contributed by atoms with Crippen LogP contribution in [0.1, 0.15) is 53.3 Å². The fraction of sp³-hybridized carbons (Fsp3) is 0.257. The zero-order chi connectivity index (χ0) is 31.0. The minimum atomic E-state index is -0.854. The smallest absolute Gasteiger partial charge is 0.321 e. The lowest BCUT2D eigenvalue weighted by atomic mass is 9.89. The van der Waals surface area contributed by atoms with E-state index in [4.69, 9.17) is 32.7 Å². The van der Waals surface area contributed by atoms with Crippen molar-refractivity contribution in [1.82, 2.24) is 4.90 Å². The largest absolute Gasteiger partial charge is 0.489 e. The van der Waals surface area contributed by atoms with Crippen LogP contribution in [0.4, 0.5) is 5.69 Å². The van der Waals surface area contributed by atoms with E-state index in [9.17, 15) is 14.7 Å². The van der Waals surface area contributed by atoms with Gasteiger partial charge in [0.1, 0.15) is 24.1 Å². The van der Waals surface area contributed by atoms with Crippen LogP contribution in [-0.4, -0.2) is 35.0 Å². The third-order valence-corrected chi connectivity index (χ3v) is 9.18. The van der Waals surface area contributed by atoms with Crippen molar-refractivity contribution < 1.29 is 24.2 Å². The van der Waals surface area contributed by atoms with Gasteiger partial charge in [0.25, 0.3) is 5.91 Å². The lowest BCUT2D eigenvalue weighted by molar-refractivity contribution is -0.145. The molecule has 226 valence electrons. The van der Waals surface area contributed by atoms with Gasteiger partial charge in [-0.05, 0) is 71.5 Å². The lowest BCUT2D eigenvalue weighted by Gasteiger charge is -2.41. The Morgan fingerprint density at radius 3 is 2.43 bits per heavy atom. The topological polar surface area (TPSA) is 79.3 Å². The molecule has 2 aliphatic rings. The van der Waals surface area contributed by atoms with E-state index < -0.39 is 18.1 Å². The molecule has 0 aromatic heterocycles. The average molecular weight is 632 g/mol. The Kier molecular flexibility index (Phi) is 8.54. The third-order valence-electron chi connectivity index (χ3n) is 8.44. The quantitative estimate of drug-likeness (QED) is 0.216. The fourth-order valence-corrected chi connectivity index (χ4v) is 6.41. The number of likely N-dealkylation sites (N-methyl/N-ethyl adjacent to an activating group) is 1. The first-order valence-corrected chi connectivity index (χ1v) is 15.3. The number of aliphatic carboxylic acids is 1. The molecule has 0 saturated heterocycles. The van der Waals surface area contributed by atoms with Crippen molar-refractivity contribution >= 4 is 40.8 Å². The summed E-state index contributed by atoms with van der Waals surface area (Å²) in [7, 11) is 1.73. The summed E-state index contributed by atoms with van der Waals surface area (Å²) in [5.74, 6) is 0.178. The van der Waals surface area contributed by atoms with E-state index in [2.05, 4.69) is 11.8 Å². The second-order valence-corrected chi connectivity index (χ2v) is 12.0. The number of ether oxygens (including phenoxy) is 2. The van der Waals surface area contributed by atoms with Crippen LogP contribution in [0.5, 0.6) is 11.5 Å². The van der Waals surface area contributed by atoms with Crippen molar-refractivity contribution in [3.05, 3.63) is 123 Å². The van der Waals surface area contributed by atoms with Gasteiger partial charge in [0.2, 0.25) is 6.10 Å². The van der Waals surface area contributed by atoms with Crippen molar-refractivity contribution in [2.45, 2.75) is 51.1 Å². The van der Waals surface area contributed by atoms with E-state index in [0.717, 1.165) is 28.7 Å². The molecule has 7 nitrogen and oxygen atoms in total. The fourth-order valence-electron chi connectivity index (χ4n) is 6.09. The van der Waals surface area contributed by atoms with Crippen LogP contribution in [0.2, 0.25) is 10.0 Å². The van der Waals surface area contributed by atoms with Crippen LogP contribution in [0.25, 0.3) is 0 Å². The molecular weight excluding hydrogens is 599 g/mol. The zero-order valence-corrected chi connectivity index (χ0v) is 25.9. The number of fused-ring (bicyclic) bond motifs is 2. The first kappa shape index (κ1) is 30.0. The molecule has 1 amide bonds. The number of anilines is 1. The summed E-state index contributed by atoms with van der Waals surface area (Å²) in [5, 5.41) is 11.2. The molecule has 0 spiro atoms. The van der Waals surface area contributed by atoms with E-state index in [-0.39, 0.29) is 11.9 Å². The number of hydrogen-bond acceptors (Lipinski definition) is 5. The zero-order valence-electron chi connectivity index (χ0n) is 24.4. The molecule has 0 saturated carbocycles. The highest BCUT2D eigenvalue weighted by Gasteiger charge is 2.39. The first-order valence-electron chi connectivity index (χ1n) is 14.5. The van der Waals surface area contributed by atoms with Gasteiger partial charge >= 0.3 is 5.97 Å². The summed E-state index contributed by atoms with van der Waals surface area (Å²) in [6.45, 7) is 2.86. The Hall–Kier alpha value is -4.04. The van der Waals surface area contributed by atoms with Gasteiger partial charge in [-0.25, -0.2) is 0 Å². The van der Waals surface area contributed by atoms with Crippen molar-refractivity contribution in [1.29, 1.82) is 0 Å². The summed E-state index contributed by atoms with van der Waals surface area (Å²) < 4.78 is 12.3. The van der Waals surface area contributed by atoms with Gasteiger partial charge in [0, 0.05) is 25.2 Å². The molecule has 4 aromatic rings. The van der Waals surface area contributed by atoms with E-state index in [1.54, 1.807) is 24.1 Å². The molecule has 6 rings (SSSR count). The number of carbonyl (C=O) groups is 2. The number of nitrogens with zero attached hydrogens (tertiary/aromatic N) is 2. The van der Waals surface area contributed by atoms with E-state index in [0.29, 0.717) is 52.4 Å². The average Bonchev–Trinajstić information content (AvgIpc) is 3.03. The lowest BCUT2D eigenvalue weighted by Crippen LogP contribution is -2.47. The van der Waals surface area contributed by atoms with Crippen LogP contribution >= 0.6 is 23.2 Å². The van der Waals surface area contributed by atoms with Gasteiger partial charge in [0.05, 0.1) is 15.7 Å². The Bertz CT molecular complexity index is 1700. The molecule has 0 bridgehead atoms. The molecule has 44 heavy (non-hydrogen) atoms. The van der Waals surface area contributed by atoms with Crippen LogP contribution < -0.4 is 14.4 Å². The van der Waals surface area contributed by atoms with Gasteiger partial charge in [-0.1, -0.05) is 78.7 Å². The third kappa shape index (κ3) is 5.87. The standard InChI is InChI=1S/C35H32Cl2N2O5/c1-3-29(22-7-5-4-6-8-22)39-19-25-18-32-30(16-24(25)17-31(39)35(41)42)38(2)34(40)33(44-32)23-10-12-26(13-11-23)43-20-21-9-14-27(36)28(37)15-21/h4-16,18,29,31,33H,3,17,19-20H2,1-2H3,(H,41,42)/t29-,31+,33+/m1/s1. The first-order chi connectivity index (χ1) is 21.2. The van der Waals surface area contributed by atoms with Crippen LogP contribution in [0, 0.1) is 0 Å². The molecule has 1 N–H and O–H groups in total. The maximum absolute atomic E-state index is 13.5. The monoisotopic (exact) mass is 630 g/mol. The number of carboxylic acid groups (broad SMARTS) is 1. The predicted octanol–water partition coefficient (Wildman–Crippen LogP) is 7.63. The summed E-state index contributed by atoms with van der Waals surface area (Å²) in [6, 6.07) is 25.8. The van der Waals surface area contributed by atoms with Gasteiger partial charge in [-0.15, -0.1) is 0 Å². The molecule has 0 aliphatic carbocycles. The van der Waals surface area contributed by atoms with Gasteiger partial charge in [-0.3, -0.25) is 14.5 Å². The number of amides is 1. The van der Waals surface area contributed by atoms with E-state index in [1.165, 1.54) is 0 Å². The predicted molar refractivity (Wildman–Crippen MR) is 171 cm³/mol. The SMILES string of the molecule is CC[C@H](c1ccccc1)N1Cc2cc3c(cc2C[C@H]1C(=O)O)N(C)C(=O)[C@H](c1ccc(OCc2ccc(Cl)c(Cl)c2)cc1)O3. The normalized spacial score (nSPS) is 18.6. The van der Waals surface area contributed by atoms with E-state index in [1.807, 2.05) is 72.8 Å². The van der Waals surface area contributed by atoms with Crippen molar-refractivity contribution in [2.75, 3.05) is 11.9 Å². The number of rotatable bonds is 8. The molecule has 3 atom stereocenters. The van der Waals surface area contributed by atoms with Crippen molar-refractivity contribution in [3.63, 3.8) is 0 Å². The molecule has 0 radical (unpaired) electrons. The summed E-state index contributed by atoms with van der Waals surface area (Å²) >= 11 is 12.1. The Morgan fingerprint density at radius 1 is 1.00 bits per heavy atom. The number of carboxylic acids is 1. The molecule has 9 heteroatoms. The van der Waals surface area contributed by atoms with Crippen molar-refractivity contribution in [3.8, 4) is 11.5 Å². The molecule has 2 heterocycles. The number of halogens is 2. The highest BCUT2D eigenvalue weighted by molar-refractivity contribution is 6.42. The Morgan fingerprint density at radius 2 is 1.75 bits per heavy atom. The maximum atomic E-state index is 13.5. The Labute approximate surface area is 266 Å². The highest BCUT2D eigenvalue weighted by atomic mass is 35.5. The number of hydrogen-bond donors (Lipinski definition) is 1. The second kappa shape index (κ2) is 12.5. The second-order valence-electron chi connectivity index (χ2n) is 11.2. The van der Waals surface area contributed by atoms with Crippen LogP contribution in [-0.2, 0) is 29.2 Å². The number of benzene rings is 4. The van der Waals surface area contributed by atoms with Crippen LogP contribution in [0.15, 0.2) is 84.9 Å². The summed E-state index contributed by atoms with van der Waals surface area (Å²) in [5.41, 5.74) is 5.24. The molecule has 4 aromatic carbocycles. The van der Waals surface area contributed by atoms with Gasteiger partial charge < -0.3 is 19.5 Å². The van der Waals surface area contributed by atoms with Crippen LogP contribution in [0.3, 0.4) is 0 Å². The number of carbonyl (C=O) groups excluding carboxylic acids is 1. The maximum Gasteiger partial charge on any atom is 0.321 e. The Balaban J connectivity index is 1.23.